The fourth-order valence-electron chi connectivity index (χ4n) is 3.02. The van der Waals surface area contributed by atoms with E-state index in [0.717, 1.165) is 38.9 Å². The molecule has 0 atom stereocenters. The van der Waals surface area contributed by atoms with Gasteiger partial charge in [0.2, 0.25) is 0 Å². The van der Waals surface area contributed by atoms with Gasteiger partial charge in [-0.1, -0.05) is 6.92 Å². The molecule has 2 aromatic rings. The number of piperidine rings is 1. The summed E-state index contributed by atoms with van der Waals surface area (Å²) in [5, 5.41) is 8.86. The van der Waals surface area contributed by atoms with Crippen LogP contribution in [0.15, 0.2) is 18.3 Å². The fraction of sp³-hybridized carbons (Fsp3) is 0.600. The van der Waals surface area contributed by atoms with E-state index in [2.05, 4.69) is 28.1 Å². The fourth-order valence-corrected chi connectivity index (χ4v) is 3.02. The summed E-state index contributed by atoms with van der Waals surface area (Å²) in [4.78, 5) is 2.50. The lowest BCUT2D eigenvalue weighted by atomic mass is 10.1. The zero-order chi connectivity index (χ0) is 14.8. The Morgan fingerprint density at radius 1 is 1.29 bits per heavy atom. The Morgan fingerprint density at radius 2 is 2.05 bits per heavy atom. The molecule has 0 bridgehead atoms. The molecule has 1 aliphatic heterocycles. The molecule has 2 aromatic heterocycles. The van der Waals surface area contributed by atoms with Crippen molar-refractivity contribution in [2.24, 2.45) is 7.05 Å². The Labute approximate surface area is 125 Å². The van der Waals surface area contributed by atoms with Crippen molar-refractivity contribution in [1.82, 2.24) is 24.5 Å². The van der Waals surface area contributed by atoms with Crippen LogP contribution in [0.3, 0.4) is 0 Å². The lowest BCUT2D eigenvalue weighted by molar-refractivity contribution is 0.170. The highest BCUT2D eigenvalue weighted by Gasteiger charge is 2.21. The number of likely N-dealkylation sites (tertiary alicyclic amines) is 1. The number of aryl methyl sites for hydroxylation is 2. The van der Waals surface area contributed by atoms with E-state index < -0.39 is 0 Å². The van der Waals surface area contributed by atoms with Crippen LogP contribution < -0.4 is 5.73 Å². The maximum Gasteiger partial charge on any atom is 0.145 e. The topological polar surface area (TPSA) is 64.9 Å². The maximum absolute atomic E-state index is 5.69. The number of nitrogen functional groups attached to an aromatic ring is 1. The summed E-state index contributed by atoms with van der Waals surface area (Å²) in [6.07, 6.45) is 5.24. The van der Waals surface area contributed by atoms with Crippen molar-refractivity contribution in [3.63, 3.8) is 0 Å². The zero-order valence-electron chi connectivity index (χ0n) is 12.9. The van der Waals surface area contributed by atoms with Crippen LogP contribution in [0.2, 0.25) is 0 Å². The van der Waals surface area contributed by atoms with Gasteiger partial charge in [0.1, 0.15) is 5.82 Å². The molecule has 3 rings (SSSR count). The highest BCUT2D eigenvalue weighted by molar-refractivity contribution is 5.24. The van der Waals surface area contributed by atoms with Crippen molar-refractivity contribution in [2.45, 2.75) is 38.8 Å². The van der Waals surface area contributed by atoms with Crippen molar-refractivity contribution >= 4 is 5.82 Å². The van der Waals surface area contributed by atoms with Crippen molar-refractivity contribution in [1.29, 1.82) is 0 Å². The number of rotatable bonds is 4. The smallest absolute Gasteiger partial charge is 0.145 e. The van der Waals surface area contributed by atoms with Crippen LogP contribution >= 0.6 is 0 Å². The molecule has 21 heavy (non-hydrogen) atoms. The summed E-state index contributed by atoms with van der Waals surface area (Å²) in [5.41, 5.74) is 8.17. The van der Waals surface area contributed by atoms with Crippen LogP contribution in [0.25, 0.3) is 0 Å². The number of hydrogen-bond donors (Lipinski definition) is 1. The molecular weight excluding hydrogens is 264 g/mol. The summed E-state index contributed by atoms with van der Waals surface area (Å²) in [5.74, 6) is 0.611. The number of nitrogens with two attached hydrogens (primary N) is 1. The van der Waals surface area contributed by atoms with Gasteiger partial charge >= 0.3 is 0 Å². The van der Waals surface area contributed by atoms with Crippen LogP contribution in [-0.4, -0.2) is 37.6 Å². The normalized spacial score (nSPS) is 17.4. The summed E-state index contributed by atoms with van der Waals surface area (Å²) in [6.45, 7) is 5.32. The predicted molar refractivity (Wildman–Crippen MR) is 82.8 cm³/mol. The summed E-state index contributed by atoms with van der Waals surface area (Å²) in [7, 11) is 2.04. The molecule has 114 valence electrons. The average Bonchev–Trinajstić information content (AvgIpc) is 3.07. The average molecular weight is 288 g/mol. The molecule has 0 radical (unpaired) electrons. The molecule has 3 heterocycles. The Morgan fingerprint density at radius 3 is 2.62 bits per heavy atom. The molecule has 0 saturated carbocycles. The highest BCUT2D eigenvalue weighted by atomic mass is 15.3. The quantitative estimate of drug-likeness (QED) is 0.928. The van der Waals surface area contributed by atoms with Gasteiger partial charge in [-0.3, -0.25) is 14.3 Å². The second-order valence-corrected chi connectivity index (χ2v) is 5.83. The molecule has 6 heteroatoms. The van der Waals surface area contributed by atoms with E-state index in [0.29, 0.717) is 11.9 Å². The van der Waals surface area contributed by atoms with Crippen molar-refractivity contribution < 1.29 is 0 Å². The Hall–Kier alpha value is -1.82. The van der Waals surface area contributed by atoms with Gasteiger partial charge in [0, 0.05) is 32.9 Å². The maximum atomic E-state index is 5.69. The lowest BCUT2D eigenvalue weighted by Gasteiger charge is -2.31. The Balaban J connectivity index is 1.57. The zero-order valence-corrected chi connectivity index (χ0v) is 12.9. The minimum absolute atomic E-state index is 0.483. The van der Waals surface area contributed by atoms with Crippen LogP contribution in [0.4, 0.5) is 5.82 Å². The molecule has 2 N–H and O–H groups in total. The van der Waals surface area contributed by atoms with Gasteiger partial charge in [-0.05, 0) is 31.4 Å². The van der Waals surface area contributed by atoms with Gasteiger partial charge in [-0.2, -0.15) is 10.2 Å². The molecule has 1 saturated heterocycles. The second kappa shape index (κ2) is 5.89. The van der Waals surface area contributed by atoms with E-state index in [-0.39, 0.29) is 0 Å². The van der Waals surface area contributed by atoms with Gasteiger partial charge in [0.05, 0.1) is 17.4 Å². The van der Waals surface area contributed by atoms with E-state index in [4.69, 9.17) is 5.73 Å². The van der Waals surface area contributed by atoms with Crippen molar-refractivity contribution in [3.05, 3.63) is 29.7 Å². The molecule has 6 nitrogen and oxygen atoms in total. The van der Waals surface area contributed by atoms with Gasteiger partial charge in [-0.25, -0.2) is 0 Å². The largest absolute Gasteiger partial charge is 0.382 e. The molecule has 0 aliphatic carbocycles. The van der Waals surface area contributed by atoms with E-state index in [1.165, 1.54) is 11.4 Å². The van der Waals surface area contributed by atoms with E-state index in [9.17, 15) is 0 Å². The minimum atomic E-state index is 0.483. The van der Waals surface area contributed by atoms with Gasteiger partial charge < -0.3 is 5.73 Å². The predicted octanol–water partition coefficient (Wildman–Crippen LogP) is 1.60. The standard InChI is InChI=1S/C15H24N6/c1-3-12-10-14(19(2)17-12)11-20-7-4-13(5-8-20)21-9-6-15(16)18-21/h6,9-10,13H,3-5,7-8,11H2,1-2H3,(H2,16,18). The summed E-state index contributed by atoms with van der Waals surface area (Å²) in [6, 6.07) is 4.57. The lowest BCUT2D eigenvalue weighted by Crippen LogP contribution is -2.34. The summed E-state index contributed by atoms with van der Waals surface area (Å²) < 4.78 is 4.03. The third kappa shape index (κ3) is 3.10. The van der Waals surface area contributed by atoms with Crippen LogP contribution in [0.5, 0.6) is 0 Å². The van der Waals surface area contributed by atoms with Crippen LogP contribution in [0.1, 0.15) is 37.2 Å². The van der Waals surface area contributed by atoms with Gasteiger partial charge in [0.15, 0.2) is 0 Å². The van der Waals surface area contributed by atoms with Crippen molar-refractivity contribution in [3.8, 4) is 0 Å². The van der Waals surface area contributed by atoms with E-state index >= 15 is 0 Å². The first kappa shape index (κ1) is 14.1. The highest BCUT2D eigenvalue weighted by Crippen LogP contribution is 2.23. The molecule has 0 amide bonds. The molecule has 1 fully saturated rings. The molecule has 1 aliphatic rings. The first-order valence-corrected chi connectivity index (χ1v) is 7.70. The SMILES string of the molecule is CCc1cc(CN2CCC(n3ccc(N)n3)CC2)n(C)n1. The third-order valence-corrected chi connectivity index (χ3v) is 4.34. The number of nitrogens with zero attached hydrogens (tertiary/aromatic N) is 5. The first-order chi connectivity index (χ1) is 10.2. The molecule has 0 aromatic carbocycles. The Kier molecular flexibility index (Phi) is 3.96. The summed E-state index contributed by atoms with van der Waals surface area (Å²) >= 11 is 0. The third-order valence-electron chi connectivity index (χ3n) is 4.34. The van der Waals surface area contributed by atoms with Gasteiger partial charge in [0.25, 0.3) is 0 Å². The van der Waals surface area contributed by atoms with Crippen LogP contribution in [-0.2, 0) is 20.0 Å². The number of hydrogen-bond acceptors (Lipinski definition) is 4. The van der Waals surface area contributed by atoms with E-state index in [1.807, 2.05) is 28.7 Å². The van der Waals surface area contributed by atoms with E-state index in [1.54, 1.807) is 0 Å². The second-order valence-electron chi connectivity index (χ2n) is 5.83. The van der Waals surface area contributed by atoms with Gasteiger partial charge in [-0.15, -0.1) is 0 Å². The van der Waals surface area contributed by atoms with Crippen LogP contribution in [0, 0.1) is 0 Å². The number of anilines is 1. The minimum Gasteiger partial charge on any atom is -0.382 e. The Bertz CT molecular complexity index is 591. The van der Waals surface area contributed by atoms with Crippen molar-refractivity contribution in [2.75, 3.05) is 18.8 Å². The molecule has 0 unspecified atom stereocenters. The molecular formula is C15H24N6. The number of aromatic nitrogens is 4. The first-order valence-electron chi connectivity index (χ1n) is 7.70. The monoisotopic (exact) mass is 288 g/mol. The molecule has 0 spiro atoms.